The number of hydrogen-bond acceptors (Lipinski definition) is 4. The van der Waals surface area contributed by atoms with Gasteiger partial charge in [0.25, 0.3) is 0 Å². The topological polar surface area (TPSA) is 80.5 Å². The number of carbonyl (C=O) groups is 1. The summed E-state index contributed by atoms with van der Waals surface area (Å²) in [6, 6.07) is 11.9. The molecule has 7 heteroatoms. The average Bonchev–Trinajstić information content (AvgIpc) is 3.00. The number of hydrogen-bond donors (Lipinski definition) is 1. The van der Waals surface area contributed by atoms with Gasteiger partial charge in [0.15, 0.2) is 0 Å². The normalized spacial score (nSPS) is 13.1. The summed E-state index contributed by atoms with van der Waals surface area (Å²) in [6.45, 7) is 1.76. The first-order chi connectivity index (χ1) is 10.9. The molecule has 1 aromatic heterocycles. The Morgan fingerprint density at radius 1 is 1.22 bits per heavy atom. The molecule has 23 heavy (non-hydrogen) atoms. The van der Waals surface area contributed by atoms with E-state index in [4.69, 9.17) is 5.73 Å². The van der Waals surface area contributed by atoms with Gasteiger partial charge in [-0.1, -0.05) is 36.4 Å². The van der Waals surface area contributed by atoms with Crippen molar-refractivity contribution in [3.05, 3.63) is 58.3 Å². The van der Waals surface area contributed by atoms with Gasteiger partial charge in [-0.25, -0.2) is 8.42 Å². The zero-order valence-corrected chi connectivity index (χ0v) is 14.5. The van der Waals surface area contributed by atoms with E-state index in [0.29, 0.717) is 12.0 Å². The Hall–Kier alpha value is -1.70. The Balaban J connectivity index is 2.19. The van der Waals surface area contributed by atoms with E-state index < -0.39 is 22.0 Å². The minimum Gasteiger partial charge on any atom is -0.368 e. The molecule has 0 aliphatic heterocycles. The van der Waals surface area contributed by atoms with Crippen LogP contribution < -0.4 is 5.73 Å². The highest BCUT2D eigenvalue weighted by Crippen LogP contribution is 2.17. The van der Waals surface area contributed by atoms with Crippen molar-refractivity contribution in [2.24, 2.45) is 5.73 Å². The van der Waals surface area contributed by atoms with Gasteiger partial charge >= 0.3 is 0 Å². The monoisotopic (exact) mass is 352 g/mol. The number of nitrogens with zero attached hydrogens (tertiary/aromatic N) is 1. The second-order valence-corrected chi connectivity index (χ2v) is 8.21. The van der Waals surface area contributed by atoms with Crippen LogP contribution in [0.3, 0.4) is 0 Å². The highest BCUT2D eigenvalue weighted by atomic mass is 32.2. The predicted octanol–water partition coefficient (Wildman–Crippen LogP) is 2.00. The molecule has 1 heterocycles. The van der Waals surface area contributed by atoms with Gasteiger partial charge in [0.1, 0.15) is 6.04 Å². The standard InChI is InChI=1S/C16H20N2O3S2/c1-13(16(17)19)18(10-9-15-8-5-11-22-15)23(20,21)12-14-6-3-2-4-7-14/h2-8,11,13H,9-10,12H2,1H3,(H2,17,19). The van der Waals surface area contributed by atoms with E-state index in [-0.39, 0.29) is 12.3 Å². The van der Waals surface area contributed by atoms with Crippen LogP contribution in [0, 0.1) is 0 Å². The molecule has 5 nitrogen and oxygen atoms in total. The van der Waals surface area contributed by atoms with Crippen LogP contribution in [-0.2, 0) is 27.0 Å². The van der Waals surface area contributed by atoms with E-state index in [1.807, 2.05) is 23.6 Å². The number of amides is 1. The predicted molar refractivity (Wildman–Crippen MR) is 92.5 cm³/mol. The molecule has 1 atom stereocenters. The maximum absolute atomic E-state index is 12.7. The Bertz CT molecular complexity index is 728. The Morgan fingerprint density at radius 2 is 1.91 bits per heavy atom. The molecule has 0 bridgehead atoms. The van der Waals surface area contributed by atoms with Crippen LogP contribution in [0.5, 0.6) is 0 Å². The van der Waals surface area contributed by atoms with Crippen LogP contribution in [0.2, 0.25) is 0 Å². The molecule has 0 aliphatic rings. The fourth-order valence-corrected chi connectivity index (χ4v) is 4.69. The molecule has 0 spiro atoms. The SMILES string of the molecule is CC(C(N)=O)N(CCc1cccs1)S(=O)(=O)Cc1ccccc1. The van der Waals surface area contributed by atoms with E-state index in [1.54, 1.807) is 35.6 Å². The van der Waals surface area contributed by atoms with Gasteiger partial charge in [-0.15, -0.1) is 11.3 Å². The number of benzene rings is 1. The summed E-state index contributed by atoms with van der Waals surface area (Å²) < 4.78 is 26.7. The number of rotatable bonds is 8. The fourth-order valence-electron chi connectivity index (χ4n) is 2.26. The summed E-state index contributed by atoms with van der Waals surface area (Å²) in [5.41, 5.74) is 6.02. The molecule has 1 aromatic carbocycles. The Morgan fingerprint density at radius 3 is 2.48 bits per heavy atom. The van der Waals surface area contributed by atoms with E-state index >= 15 is 0 Å². The molecule has 1 unspecified atom stereocenters. The van der Waals surface area contributed by atoms with E-state index in [1.165, 1.54) is 11.2 Å². The van der Waals surface area contributed by atoms with Crippen LogP contribution in [0.15, 0.2) is 47.8 Å². The average molecular weight is 352 g/mol. The van der Waals surface area contributed by atoms with Crippen molar-refractivity contribution in [1.29, 1.82) is 0 Å². The lowest BCUT2D eigenvalue weighted by Crippen LogP contribution is -2.47. The van der Waals surface area contributed by atoms with E-state index in [0.717, 1.165) is 4.88 Å². The molecule has 2 aromatic rings. The van der Waals surface area contributed by atoms with Crippen molar-refractivity contribution in [2.75, 3.05) is 6.54 Å². The summed E-state index contributed by atoms with van der Waals surface area (Å²) >= 11 is 1.56. The molecule has 0 aliphatic carbocycles. The second kappa shape index (κ2) is 7.72. The zero-order valence-electron chi connectivity index (χ0n) is 12.9. The summed E-state index contributed by atoms with van der Waals surface area (Å²) in [4.78, 5) is 12.6. The first-order valence-electron chi connectivity index (χ1n) is 7.25. The number of primary amides is 1. The second-order valence-electron chi connectivity index (χ2n) is 5.26. The van der Waals surface area contributed by atoms with Gasteiger partial charge in [-0.2, -0.15) is 4.31 Å². The van der Waals surface area contributed by atoms with Gasteiger partial charge in [-0.3, -0.25) is 4.79 Å². The molecular weight excluding hydrogens is 332 g/mol. The Kier molecular flexibility index (Phi) is 5.92. The summed E-state index contributed by atoms with van der Waals surface area (Å²) in [7, 11) is -3.64. The molecule has 0 saturated carbocycles. The van der Waals surface area contributed by atoms with Crippen molar-refractivity contribution in [3.63, 3.8) is 0 Å². The quantitative estimate of drug-likeness (QED) is 0.789. The lowest BCUT2D eigenvalue weighted by atomic mass is 10.2. The van der Waals surface area contributed by atoms with Crippen molar-refractivity contribution >= 4 is 27.3 Å². The van der Waals surface area contributed by atoms with Gasteiger partial charge in [0, 0.05) is 11.4 Å². The molecule has 2 N–H and O–H groups in total. The van der Waals surface area contributed by atoms with Crippen LogP contribution in [0.1, 0.15) is 17.4 Å². The van der Waals surface area contributed by atoms with Crippen LogP contribution >= 0.6 is 11.3 Å². The third kappa shape index (κ3) is 4.89. The van der Waals surface area contributed by atoms with Gasteiger partial charge < -0.3 is 5.73 Å². The molecule has 0 fully saturated rings. The van der Waals surface area contributed by atoms with Crippen molar-refractivity contribution in [1.82, 2.24) is 4.31 Å². The van der Waals surface area contributed by atoms with E-state index in [2.05, 4.69) is 0 Å². The summed E-state index contributed by atoms with van der Waals surface area (Å²) in [5, 5.41) is 1.94. The molecule has 124 valence electrons. The summed E-state index contributed by atoms with van der Waals surface area (Å²) in [6.07, 6.45) is 0.559. The third-order valence-electron chi connectivity index (χ3n) is 3.55. The minimum atomic E-state index is -3.64. The third-order valence-corrected chi connectivity index (χ3v) is 6.40. The fraction of sp³-hybridized carbons (Fsp3) is 0.312. The molecule has 0 saturated heterocycles. The van der Waals surface area contributed by atoms with Crippen LogP contribution in [0.25, 0.3) is 0 Å². The number of sulfonamides is 1. The molecule has 2 rings (SSSR count). The van der Waals surface area contributed by atoms with Crippen LogP contribution in [0.4, 0.5) is 0 Å². The first-order valence-corrected chi connectivity index (χ1v) is 9.74. The maximum Gasteiger partial charge on any atom is 0.235 e. The van der Waals surface area contributed by atoms with Gasteiger partial charge in [0.05, 0.1) is 5.75 Å². The maximum atomic E-state index is 12.7. The molecule has 1 amide bonds. The zero-order chi connectivity index (χ0) is 16.9. The van der Waals surface area contributed by atoms with Crippen molar-refractivity contribution < 1.29 is 13.2 Å². The largest absolute Gasteiger partial charge is 0.368 e. The highest BCUT2D eigenvalue weighted by Gasteiger charge is 2.30. The number of carbonyl (C=O) groups excluding carboxylic acids is 1. The first kappa shape index (κ1) is 17.7. The minimum absolute atomic E-state index is 0.143. The van der Waals surface area contributed by atoms with E-state index in [9.17, 15) is 13.2 Å². The number of thiophene rings is 1. The highest BCUT2D eigenvalue weighted by molar-refractivity contribution is 7.88. The van der Waals surface area contributed by atoms with Gasteiger partial charge in [-0.05, 0) is 30.4 Å². The van der Waals surface area contributed by atoms with Crippen molar-refractivity contribution in [2.45, 2.75) is 25.1 Å². The Labute approximate surface area is 140 Å². The van der Waals surface area contributed by atoms with Crippen molar-refractivity contribution in [3.8, 4) is 0 Å². The lowest BCUT2D eigenvalue weighted by molar-refractivity contribution is -0.121. The molecule has 0 radical (unpaired) electrons. The molecular formula is C16H20N2O3S2. The smallest absolute Gasteiger partial charge is 0.235 e. The lowest BCUT2D eigenvalue weighted by Gasteiger charge is -2.26. The van der Waals surface area contributed by atoms with Crippen LogP contribution in [-0.4, -0.2) is 31.2 Å². The summed E-state index contributed by atoms with van der Waals surface area (Å²) in [5.74, 6) is -0.788. The number of nitrogens with two attached hydrogens (primary N) is 1. The van der Waals surface area contributed by atoms with Gasteiger partial charge in [0.2, 0.25) is 15.9 Å².